The van der Waals surface area contributed by atoms with Crippen molar-refractivity contribution in [2.24, 2.45) is 0 Å². The number of aromatic nitrogens is 8. The van der Waals surface area contributed by atoms with E-state index in [4.69, 9.17) is 9.47 Å². The van der Waals surface area contributed by atoms with Crippen LogP contribution in [0.4, 0.5) is 17.6 Å². The van der Waals surface area contributed by atoms with Crippen LogP contribution in [0.1, 0.15) is 54.6 Å². The summed E-state index contributed by atoms with van der Waals surface area (Å²) in [6.07, 6.45) is 4.00. The number of pyridine rings is 2. The van der Waals surface area contributed by atoms with E-state index in [9.17, 15) is 13.2 Å². The Hall–Kier alpha value is -4.75. The number of nitrogens with zero attached hydrogens (tertiary/aromatic N) is 8. The molecule has 0 amide bonds. The van der Waals surface area contributed by atoms with Gasteiger partial charge in [0.25, 0.3) is 0 Å². The SMILES string of the molecule is COc1ncnc(C2CC2)c1-c1nc(OCc2cnc(-c3nc(C(F)(F)F)cn3C3CC3)c(F)c2)c2cccnc2n1. The van der Waals surface area contributed by atoms with E-state index < -0.39 is 17.7 Å². The number of rotatable bonds is 8. The van der Waals surface area contributed by atoms with E-state index in [0.717, 1.165) is 24.7 Å². The Kier molecular flexibility index (Phi) is 6.21. The first-order valence-corrected chi connectivity index (χ1v) is 13.3. The van der Waals surface area contributed by atoms with Crippen LogP contribution in [0.2, 0.25) is 0 Å². The zero-order valence-electron chi connectivity index (χ0n) is 22.1. The second-order valence-electron chi connectivity index (χ2n) is 10.2. The molecule has 0 spiro atoms. The fourth-order valence-electron chi connectivity index (χ4n) is 4.78. The number of methoxy groups -OCH3 is 1. The number of fused-ring (bicyclic) bond motifs is 1. The van der Waals surface area contributed by atoms with Gasteiger partial charge in [-0.15, -0.1) is 0 Å². The highest BCUT2D eigenvalue weighted by Crippen LogP contribution is 2.45. The molecule has 0 bridgehead atoms. The largest absolute Gasteiger partial charge is 0.480 e. The quantitative estimate of drug-likeness (QED) is 0.214. The average Bonchev–Trinajstić information content (AvgIpc) is 3.93. The summed E-state index contributed by atoms with van der Waals surface area (Å²) >= 11 is 0. The molecule has 2 aliphatic rings. The maximum absolute atomic E-state index is 15.3. The van der Waals surface area contributed by atoms with Crippen LogP contribution in [0.5, 0.6) is 11.8 Å². The standard InChI is InChI=1S/C28H22F4N8O2/c1-41-27-20(21(15-4-5-15)35-13-36-27)24-38-23-17(3-2-8-33-23)26(39-24)42-12-14-9-18(29)22(34-10-14)25-37-19(28(30,31)32)11-40(25)16-6-7-16/h2-3,8-11,13,15-16H,4-7,12H2,1H3. The van der Waals surface area contributed by atoms with Crippen molar-refractivity contribution in [3.8, 4) is 34.7 Å². The normalized spacial score (nSPS) is 15.3. The first-order valence-electron chi connectivity index (χ1n) is 13.3. The van der Waals surface area contributed by atoms with E-state index in [1.807, 2.05) is 0 Å². The van der Waals surface area contributed by atoms with Gasteiger partial charge in [-0.2, -0.15) is 18.2 Å². The molecule has 0 N–H and O–H groups in total. The molecular formula is C28H22F4N8O2. The maximum atomic E-state index is 15.3. The van der Waals surface area contributed by atoms with Crippen molar-refractivity contribution in [1.29, 1.82) is 0 Å². The third kappa shape index (κ3) is 4.86. The van der Waals surface area contributed by atoms with Crippen LogP contribution in [0.15, 0.2) is 43.1 Å². The Morgan fingerprint density at radius 1 is 1.00 bits per heavy atom. The van der Waals surface area contributed by atoms with Crippen LogP contribution >= 0.6 is 0 Å². The molecular weight excluding hydrogens is 556 g/mol. The number of hydrogen-bond acceptors (Lipinski definition) is 9. The van der Waals surface area contributed by atoms with E-state index in [1.165, 1.54) is 30.3 Å². The van der Waals surface area contributed by atoms with Crippen LogP contribution in [-0.2, 0) is 12.8 Å². The lowest BCUT2D eigenvalue weighted by atomic mass is 10.1. The summed E-state index contributed by atoms with van der Waals surface area (Å²) in [6, 6.07) is 4.48. The van der Waals surface area contributed by atoms with Crippen molar-refractivity contribution in [3.05, 3.63) is 65.9 Å². The van der Waals surface area contributed by atoms with Gasteiger partial charge in [0.2, 0.25) is 11.8 Å². The van der Waals surface area contributed by atoms with Gasteiger partial charge in [-0.05, 0) is 43.9 Å². The van der Waals surface area contributed by atoms with Crippen molar-refractivity contribution in [2.45, 2.75) is 50.4 Å². The van der Waals surface area contributed by atoms with Crippen LogP contribution in [0, 0.1) is 5.82 Å². The summed E-state index contributed by atoms with van der Waals surface area (Å²) in [7, 11) is 1.51. The van der Waals surface area contributed by atoms with E-state index in [2.05, 4.69) is 34.9 Å². The highest BCUT2D eigenvalue weighted by Gasteiger charge is 2.38. The Bertz CT molecular complexity index is 1820. The Morgan fingerprint density at radius 3 is 2.55 bits per heavy atom. The van der Waals surface area contributed by atoms with Crippen molar-refractivity contribution in [1.82, 2.24) is 39.5 Å². The van der Waals surface area contributed by atoms with Gasteiger partial charge in [-0.3, -0.25) is 0 Å². The summed E-state index contributed by atoms with van der Waals surface area (Å²) in [6.45, 7) is -0.132. The molecule has 0 unspecified atom stereocenters. The second kappa shape index (κ2) is 9.96. The molecule has 0 radical (unpaired) electrons. The molecule has 0 saturated heterocycles. The molecule has 2 fully saturated rings. The molecule has 7 rings (SSSR count). The summed E-state index contributed by atoms with van der Waals surface area (Å²) < 4.78 is 68.1. The minimum Gasteiger partial charge on any atom is -0.480 e. The highest BCUT2D eigenvalue weighted by molar-refractivity contribution is 5.83. The van der Waals surface area contributed by atoms with E-state index >= 15 is 4.39 Å². The zero-order valence-corrected chi connectivity index (χ0v) is 22.1. The molecule has 10 nitrogen and oxygen atoms in total. The maximum Gasteiger partial charge on any atom is 0.434 e. The summed E-state index contributed by atoms with van der Waals surface area (Å²) in [5, 5.41) is 0.529. The van der Waals surface area contributed by atoms with Crippen LogP contribution in [-0.4, -0.2) is 46.6 Å². The van der Waals surface area contributed by atoms with E-state index in [-0.39, 0.29) is 41.8 Å². The third-order valence-electron chi connectivity index (χ3n) is 7.11. The molecule has 5 aromatic rings. The first-order chi connectivity index (χ1) is 20.3. The number of ether oxygens (including phenoxy) is 2. The van der Waals surface area contributed by atoms with Crippen molar-refractivity contribution < 1.29 is 27.0 Å². The molecule has 42 heavy (non-hydrogen) atoms. The monoisotopic (exact) mass is 578 g/mol. The van der Waals surface area contributed by atoms with Gasteiger partial charge in [-0.1, -0.05) is 0 Å². The molecule has 214 valence electrons. The molecule has 14 heteroatoms. The smallest absolute Gasteiger partial charge is 0.434 e. The predicted octanol–water partition coefficient (Wildman–Crippen LogP) is 5.70. The lowest BCUT2D eigenvalue weighted by molar-refractivity contribution is -0.140. The summed E-state index contributed by atoms with van der Waals surface area (Å²) in [5.74, 6) is 0.0833. The van der Waals surface area contributed by atoms with Crippen LogP contribution in [0.25, 0.3) is 33.9 Å². The number of hydrogen-bond donors (Lipinski definition) is 0. The van der Waals surface area contributed by atoms with Crippen LogP contribution < -0.4 is 9.47 Å². The van der Waals surface area contributed by atoms with E-state index in [1.54, 1.807) is 18.3 Å². The fraction of sp³-hybridized carbons (Fsp3) is 0.321. The summed E-state index contributed by atoms with van der Waals surface area (Å²) in [5.41, 5.74) is 0.710. The molecule has 2 saturated carbocycles. The van der Waals surface area contributed by atoms with Gasteiger partial charge in [0.1, 0.15) is 24.2 Å². The lowest BCUT2D eigenvalue weighted by Gasteiger charge is -2.13. The van der Waals surface area contributed by atoms with Gasteiger partial charge in [-0.25, -0.2) is 34.3 Å². The second-order valence-corrected chi connectivity index (χ2v) is 10.2. The molecule has 0 atom stereocenters. The Labute approximate surface area is 235 Å². The highest BCUT2D eigenvalue weighted by atomic mass is 19.4. The van der Waals surface area contributed by atoms with Crippen molar-refractivity contribution in [3.63, 3.8) is 0 Å². The van der Waals surface area contributed by atoms with Crippen LogP contribution in [0.3, 0.4) is 0 Å². The topological polar surface area (TPSA) is 114 Å². The number of alkyl halides is 3. The molecule has 5 aromatic heterocycles. The lowest BCUT2D eigenvalue weighted by Crippen LogP contribution is -2.06. The first kappa shape index (κ1) is 26.2. The van der Waals surface area contributed by atoms with Gasteiger partial charge in [0.05, 0.1) is 18.2 Å². The summed E-state index contributed by atoms with van der Waals surface area (Å²) in [4.78, 5) is 30.1. The van der Waals surface area contributed by atoms with Crippen molar-refractivity contribution in [2.75, 3.05) is 7.11 Å². The van der Waals surface area contributed by atoms with E-state index in [0.29, 0.717) is 40.9 Å². The van der Waals surface area contributed by atoms with Gasteiger partial charge >= 0.3 is 6.18 Å². The molecule has 5 heterocycles. The Morgan fingerprint density at radius 2 is 1.83 bits per heavy atom. The van der Waals surface area contributed by atoms with Gasteiger partial charge in [0, 0.05) is 36.1 Å². The van der Waals surface area contributed by atoms with Gasteiger partial charge in [0.15, 0.2) is 28.8 Å². The molecule has 0 aliphatic heterocycles. The molecule has 0 aromatic carbocycles. The Balaban J connectivity index is 1.21. The zero-order chi connectivity index (χ0) is 29.0. The number of halogens is 4. The van der Waals surface area contributed by atoms with Crippen molar-refractivity contribution >= 4 is 11.0 Å². The minimum absolute atomic E-state index is 0.132. The van der Waals surface area contributed by atoms with Gasteiger partial charge < -0.3 is 14.0 Å². The molecule has 2 aliphatic carbocycles. The minimum atomic E-state index is -4.65. The predicted molar refractivity (Wildman–Crippen MR) is 140 cm³/mol. The average molecular weight is 579 g/mol. The fourth-order valence-corrected chi connectivity index (χ4v) is 4.78. The third-order valence-corrected chi connectivity index (χ3v) is 7.11. The number of imidazole rings is 1.